The molecule has 1 amide bonds. The molecule has 0 saturated carbocycles. The van der Waals surface area contributed by atoms with E-state index in [1.807, 2.05) is 72.0 Å². The van der Waals surface area contributed by atoms with E-state index < -0.39 is 0 Å². The van der Waals surface area contributed by atoms with Gasteiger partial charge in [-0.3, -0.25) is 4.79 Å². The number of benzene rings is 2. The van der Waals surface area contributed by atoms with E-state index in [0.29, 0.717) is 18.8 Å². The van der Waals surface area contributed by atoms with Crippen molar-refractivity contribution in [2.45, 2.75) is 25.5 Å². The smallest absolute Gasteiger partial charge is 0.233 e. The number of carbonyl (C=O) groups excluding carboxylic acids is 1. The number of hydrogen-bond donors (Lipinski definition) is 0. The molecule has 0 radical (unpaired) electrons. The minimum absolute atomic E-state index is 0.104. The van der Waals surface area contributed by atoms with Crippen LogP contribution in [0.25, 0.3) is 11.4 Å². The third-order valence-corrected chi connectivity index (χ3v) is 5.50. The molecule has 2 aromatic carbocycles. The predicted octanol–water partition coefficient (Wildman–Crippen LogP) is 3.93. The van der Waals surface area contributed by atoms with Crippen LogP contribution in [0.1, 0.15) is 18.1 Å². The largest absolute Gasteiger partial charge is 0.338 e. The molecule has 0 fully saturated rings. The van der Waals surface area contributed by atoms with Gasteiger partial charge in [0.2, 0.25) is 5.91 Å². The van der Waals surface area contributed by atoms with Crippen LogP contribution < -0.4 is 0 Å². The van der Waals surface area contributed by atoms with Crippen molar-refractivity contribution in [1.82, 2.24) is 19.7 Å². The summed E-state index contributed by atoms with van der Waals surface area (Å²) >= 11 is 1.43. The van der Waals surface area contributed by atoms with Gasteiger partial charge in [-0.15, -0.1) is 10.2 Å². The third-order valence-electron chi connectivity index (χ3n) is 4.50. The van der Waals surface area contributed by atoms with Gasteiger partial charge in [-0.2, -0.15) is 0 Å². The molecule has 0 aliphatic heterocycles. The van der Waals surface area contributed by atoms with Gasteiger partial charge in [0.05, 0.1) is 5.75 Å². The monoisotopic (exact) mass is 380 g/mol. The topological polar surface area (TPSA) is 51.0 Å². The molecule has 6 heteroatoms. The Bertz CT molecular complexity index is 908. The quantitative estimate of drug-likeness (QED) is 0.583. The fraction of sp³-hybridized carbons (Fsp3) is 0.286. The van der Waals surface area contributed by atoms with Gasteiger partial charge in [0.15, 0.2) is 11.0 Å². The van der Waals surface area contributed by atoms with E-state index in [4.69, 9.17) is 0 Å². The second kappa shape index (κ2) is 8.86. The summed E-state index contributed by atoms with van der Waals surface area (Å²) in [5.41, 5.74) is 3.35. The number of carbonyl (C=O) groups is 1. The Morgan fingerprint density at radius 1 is 1.07 bits per heavy atom. The first-order valence-electron chi connectivity index (χ1n) is 9.00. The van der Waals surface area contributed by atoms with Crippen LogP contribution in [0.4, 0.5) is 0 Å². The highest BCUT2D eigenvalue weighted by Gasteiger charge is 2.17. The zero-order valence-corrected chi connectivity index (χ0v) is 16.7. The lowest BCUT2D eigenvalue weighted by atomic mass is 10.1. The van der Waals surface area contributed by atoms with Crippen molar-refractivity contribution in [1.29, 1.82) is 0 Å². The summed E-state index contributed by atoms with van der Waals surface area (Å²) in [6.07, 6.45) is 0. The first-order valence-corrected chi connectivity index (χ1v) is 9.98. The molecular formula is C21H24N4OS. The van der Waals surface area contributed by atoms with Crippen LogP contribution in [0.5, 0.6) is 0 Å². The maximum atomic E-state index is 12.6. The van der Waals surface area contributed by atoms with Gasteiger partial charge in [-0.1, -0.05) is 66.4 Å². The van der Waals surface area contributed by atoms with Crippen LogP contribution in [0, 0.1) is 6.92 Å². The van der Waals surface area contributed by atoms with Crippen LogP contribution in [0.2, 0.25) is 0 Å². The van der Waals surface area contributed by atoms with Gasteiger partial charge in [0.1, 0.15) is 0 Å². The van der Waals surface area contributed by atoms with Crippen LogP contribution in [0.3, 0.4) is 0 Å². The lowest BCUT2D eigenvalue weighted by molar-refractivity contribution is -0.128. The Morgan fingerprint density at radius 3 is 2.48 bits per heavy atom. The lowest BCUT2D eigenvalue weighted by Gasteiger charge is -2.20. The number of thioether (sulfide) groups is 1. The Morgan fingerprint density at radius 2 is 1.78 bits per heavy atom. The van der Waals surface area contributed by atoms with Crippen LogP contribution >= 0.6 is 11.8 Å². The number of hydrogen-bond acceptors (Lipinski definition) is 4. The molecule has 5 nitrogen and oxygen atoms in total. The van der Waals surface area contributed by atoms with Gasteiger partial charge in [0, 0.05) is 25.7 Å². The average Bonchev–Trinajstić information content (AvgIpc) is 3.05. The van der Waals surface area contributed by atoms with E-state index in [1.165, 1.54) is 11.8 Å². The number of amides is 1. The second-order valence-electron chi connectivity index (χ2n) is 6.36. The zero-order chi connectivity index (χ0) is 19.2. The summed E-state index contributed by atoms with van der Waals surface area (Å²) in [6, 6.07) is 18.2. The van der Waals surface area contributed by atoms with Crippen molar-refractivity contribution < 1.29 is 4.79 Å². The minimum atomic E-state index is 0.104. The number of rotatable bonds is 7. The Kier molecular flexibility index (Phi) is 6.29. The third kappa shape index (κ3) is 4.57. The summed E-state index contributed by atoms with van der Waals surface area (Å²) in [6.45, 7) is 5.37. The van der Waals surface area contributed by atoms with E-state index in [1.54, 1.807) is 0 Å². The van der Waals surface area contributed by atoms with Crippen molar-refractivity contribution in [2.24, 2.45) is 7.05 Å². The summed E-state index contributed by atoms with van der Waals surface area (Å²) in [4.78, 5) is 14.5. The molecule has 0 saturated heterocycles. The molecule has 3 rings (SSSR count). The minimum Gasteiger partial charge on any atom is -0.338 e. The van der Waals surface area contributed by atoms with Crippen LogP contribution in [0.15, 0.2) is 59.8 Å². The van der Waals surface area contributed by atoms with E-state index in [2.05, 4.69) is 23.2 Å². The number of nitrogens with zero attached hydrogens (tertiary/aromatic N) is 4. The summed E-state index contributed by atoms with van der Waals surface area (Å²) in [7, 11) is 1.94. The zero-order valence-electron chi connectivity index (χ0n) is 15.9. The first-order chi connectivity index (χ1) is 13.1. The van der Waals surface area contributed by atoms with Crippen molar-refractivity contribution in [3.05, 3.63) is 65.7 Å². The highest BCUT2D eigenvalue weighted by atomic mass is 32.2. The van der Waals surface area contributed by atoms with E-state index in [0.717, 1.165) is 27.7 Å². The maximum Gasteiger partial charge on any atom is 0.233 e. The SMILES string of the molecule is CCN(Cc1ccccc1)C(=O)CSc1nnc(-c2ccccc2C)n1C. The normalized spacial score (nSPS) is 10.8. The molecule has 0 bridgehead atoms. The predicted molar refractivity (Wildman–Crippen MR) is 109 cm³/mol. The molecule has 0 unspecified atom stereocenters. The van der Waals surface area contributed by atoms with Crippen molar-refractivity contribution in [3.63, 3.8) is 0 Å². The molecule has 0 aliphatic carbocycles. The van der Waals surface area contributed by atoms with Crippen molar-refractivity contribution in [3.8, 4) is 11.4 Å². The summed E-state index contributed by atoms with van der Waals surface area (Å²) < 4.78 is 1.95. The van der Waals surface area contributed by atoms with E-state index >= 15 is 0 Å². The van der Waals surface area contributed by atoms with Gasteiger partial charge < -0.3 is 9.47 Å². The Balaban J connectivity index is 1.66. The highest BCUT2D eigenvalue weighted by Crippen LogP contribution is 2.25. The molecule has 140 valence electrons. The van der Waals surface area contributed by atoms with Gasteiger partial charge in [-0.05, 0) is 25.0 Å². The molecule has 0 spiro atoms. The van der Waals surface area contributed by atoms with E-state index in [9.17, 15) is 4.79 Å². The van der Waals surface area contributed by atoms with Crippen LogP contribution in [-0.4, -0.2) is 37.9 Å². The van der Waals surface area contributed by atoms with Gasteiger partial charge in [-0.25, -0.2) is 0 Å². The molecule has 3 aromatic rings. The molecule has 0 atom stereocenters. The first kappa shape index (κ1) is 19.2. The molecule has 1 heterocycles. The van der Waals surface area contributed by atoms with Gasteiger partial charge in [0.25, 0.3) is 0 Å². The lowest BCUT2D eigenvalue weighted by Crippen LogP contribution is -2.31. The molecule has 1 aromatic heterocycles. The van der Waals surface area contributed by atoms with Crippen molar-refractivity contribution in [2.75, 3.05) is 12.3 Å². The number of aryl methyl sites for hydroxylation is 1. The highest BCUT2D eigenvalue weighted by molar-refractivity contribution is 7.99. The van der Waals surface area contributed by atoms with Gasteiger partial charge >= 0.3 is 0 Å². The van der Waals surface area contributed by atoms with E-state index in [-0.39, 0.29) is 5.91 Å². The van der Waals surface area contributed by atoms with Crippen LogP contribution in [-0.2, 0) is 18.4 Å². The average molecular weight is 381 g/mol. The molecule has 0 aliphatic rings. The molecule has 27 heavy (non-hydrogen) atoms. The standard InChI is InChI=1S/C21H24N4OS/c1-4-25(14-17-11-6-5-7-12-17)19(26)15-27-21-23-22-20(24(21)3)18-13-9-8-10-16(18)2/h5-13H,4,14-15H2,1-3H3. The summed E-state index contributed by atoms with van der Waals surface area (Å²) in [5.74, 6) is 1.27. The summed E-state index contributed by atoms with van der Waals surface area (Å²) in [5, 5.41) is 9.35. The number of aromatic nitrogens is 3. The Hall–Kier alpha value is -2.60. The second-order valence-corrected chi connectivity index (χ2v) is 7.30. The fourth-order valence-electron chi connectivity index (χ4n) is 2.90. The van der Waals surface area contributed by atoms with Crippen molar-refractivity contribution >= 4 is 17.7 Å². The maximum absolute atomic E-state index is 12.6. The molecular weight excluding hydrogens is 356 g/mol. The Labute approximate surface area is 164 Å². The molecule has 0 N–H and O–H groups in total. The fourth-order valence-corrected chi connectivity index (χ4v) is 3.71.